The molecule has 0 spiro atoms. The standard InChI is InChI=1S/C14H12BrClN6O/c1-21-12(11(15)6-18-21)13(23)19-14-17-8-22(20-14)7-9-3-2-4-10(16)5-9/h2-6,8H,7H2,1H3,(H,19,20,23). The van der Waals surface area contributed by atoms with E-state index < -0.39 is 0 Å². The van der Waals surface area contributed by atoms with Gasteiger partial charge in [0.15, 0.2) is 0 Å². The number of aryl methyl sites for hydroxylation is 1. The van der Waals surface area contributed by atoms with Crippen molar-refractivity contribution in [2.45, 2.75) is 6.54 Å². The van der Waals surface area contributed by atoms with Gasteiger partial charge in [0.25, 0.3) is 5.91 Å². The van der Waals surface area contributed by atoms with Crippen LogP contribution < -0.4 is 5.32 Å². The minimum absolute atomic E-state index is 0.227. The third-order valence-electron chi connectivity index (χ3n) is 3.10. The molecule has 2 aromatic heterocycles. The Bertz CT molecular complexity index is 839. The Morgan fingerprint density at radius 1 is 1.43 bits per heavy atom. The highest BCUT2D eigenvalue weighted by Gasteiger charge is 2.16. The lowest BCUT2D eigenvalue weighted by Gasteiger charge is -2.03. The van der Waals surface area contributed by atoms with E-state index in [0.717, 1.165) is 5.56 Å². The molecule has 23 heavy (non-hydrogen) atoms. The van der Waals surface area contributed by atoms with Crippen LogP contribution in [0.5, 0.6) is 0 Å². The van der Waals surface area contributed by atoms with Gasteiger partial charge < -0.3 is 0 Å². The molecule has 0 aliphatic rings. The van der Waals surface area contributed by atoms with Crippen LogP contribution >= 0.6 is 27.5 Å². The van der Waals surface area contributed by atoms with Crippen molar-refractivity contribution in [3.63, 3.8) is 0 Å². The smallest absolute Gasteiger partial charge is 0.277 e. The van der Waals surface area contributed by atoms with Crippen LogP contribution in [0.15, 0.2) is 41.3 Å². The second-order valence-corrected chi connectivity index (χ2v) is 6.11. The van der Waals surface area contributed by atoms with Crippen molar-refractivity contribution in [1.29, 1.82) is 0 Å². The number of nitrogens with zero attached hydrogens (tertiary/aromatic N) is 5. The number of nitrogens with one attached hydrogen (secondary N) is 1. The molecule has 118 valence electrons. The van der Waals surface area contributed by atoms with E-state index in [1.54, 1.807) is 24.3 Å². The Kier molecular flexibility index (Phi) is 4.44. The van der Waals surface area contributed by atoms with Crippen LogP contribution in [0.1, 0.15) is 16.1 Å². The number of halogens is 2. The van der Waals surface area contributed by atoms with Crippen LogP contribution in [0.2, 0.25) is 5.02 Å². The summed E-state index contributed by atoms with van der Waals surface area (Å²) in [6.45, 7) is 0.513. The zero-order valence-electron chi connectivity index (χ0n) is 12.1. The lowest BCUT2D eigenvalue weighted by Crippen LogP contribution is -2.17. The van der Waals surface area contributed by atoms with E-state index in [9.17, 15) is 4.79 Å². The first kappa shape index (κ1) is 15.7. The summed E-state index contributed by atoms with van der Waals surface area (Å²) in [5, 5.41) is 11.5. The zero-order chi connectivity index (χ0) is 16.4. The molecule has 1 aromatic carbocycles. The Morgan fingerprint density at radius 2 is 2.26 bits per heavy atom. The second kappa shape index (κ2) is 6.51. The van der Waals surface area contributed by atoms with Crippen LogP contribution in [0.25, 0.3) is 0 Å². The minimum atomic E-state index is -0.336. The summed E-state index contributed by atoms with van der Waals surface area (Å²) >= 11 is 9.24. The molecule has 3 rings (SSSR count). The lowest BCUT2D eigenvalue weighted by molar-refractivity contribution is 0.101. The van der Waals surface area contributed by atoms with Crippen LogP contribution in [-0.2, 0) is 13.6 Å². The molecule has 0 fully saturated rings. The highest BCUT2D eigenvalue weighted by atomic mass is 79.9. The van der Waals surface area contributed by atoms with Crippen molar-refractivity contribution in [3.05, 3.63) is 57.5 Å². The van der Waals surface area contributed by atoms with Crippen molar-refractivity contribution < 1.29 is 4.79 Å². The van der Waals surface area contributed by atoms with Crippen molar-refractivity contribution >= 4 is 39.4 Å². The average Bonchev–Trinajstić information content (AvgIpc) is 3.06. The average molecular weight is 396 g/mol. The highest BCUT2D eigenvalue weighted by molar-refractivity contribution is 9.10. The van der Waals surface area contributed by atoms with Crippen LogP contribution in [0, 0.1) is 0 Å². The number of hydrogen-bond donors (Lipinski definition) is 1. The molecule has 3 aromatic rings. The van der Waals surface area contributed by atoms with Gasteiger partial charge in [-0.15, -0.1) is 5.10 Å². The van der Waals surface area contributed by atoms with Crippen LogP contribution in [-0.4, -0.2) is 30.5 Å². The summed E-state index contributed by atoms with van der Waals surface area (Å²) in [7, 11) is 1.69. The van der Waals surface area contributed by atoms with Crippen LogP contribution in [0.3, 0.4) is 0 Å². The number of carbonyl (C=O) groups excluding carboxylic acids is 1. The predicted molar refractivity (Wildman–Crippen MR) is 89.4 cm³/mol. The molecule has 1 N–H and O–H groups in total. The van der Waals surface area contributed by atoms with Gasteiger partial charge in [0.05, 0.1) is 17.2 Å². The fourth-order valence-corrected chi connectivity index (χ4v) is 2.82. The third kappa shape index (κ3) is 3.59. The molecular formula is C14H12BrClN6O. The first-order chi connectivity index (χ1) is 11.0. The summed E-state index contributed by atoms with van der Waals surface area (Å²) in [6, 6.07) is 7.48. The molecule has 0 bridgehead atoms. The van der Waals surface area contributed by atoms with Gasteiger partial charge in [0.1, 0.15) is 12.0 Å². The summed E-state index contributed by atoms with van der Waals surface area (Å²) in [5.74, 6) is -0.109. The van der Waals surface area contributed by atoms with Gasteiger partial charge in [-0.3, -0.25) is 14.8 Å². The van der Waals surface area contributed by atoms with Crippen molar-refractivity contribution in [2.24, 2.45) is 7.05 Å². The molecule has 0 unspecified atom stereocenters. The lowest BCUT2D eigenvalue weighted by atomic mass is 10.2. The molecule has 1 amide bonds. The molecule has 0 saturated heterocycles. The van der Waals surface area contributed by atoms with Gasteiger partial charge in [-0.1, -0.05) is 23.7 Å². The summed E-state index contributed by atoms with van der Waals surface area (Å²) in [4.78, 5) is 16.3. The zero-order valence-corrected chi connectivity index (χ0v) is 14.4. The van der Waals surface area contributed by atoms with Crippen molar-refractivity contribution in [1.82, 2.24) is 24.5 Å². The predicted octanol–water partition coefficient (Wildman–Crippen LogP) is 2.73. The Labute approximate surface area is 145 Å². The largest absolute Gasteiger partial charge is 0.288 e. The van der Waals surface area contributed by atoms with E-state index in [2.05, 4.69) is 36.4 Å². The van der Waals surface area contributed by atoms with Gasteiger partial charge >= 0.3 is 0 Å². The van der Waals surface area contributed by atoms with E-state index in [4.69, 9.17) is 11.6 Å². The molecule has 2 heterocycles. The van der Waals surface area contributed by atoms with Gasteiger partial charge in [0.2, 0.25) is 5.95 Å². The van der Waals surface area contributed by atoms with Gasteiger partial charge in [-0.05, 0) is 33.6 Å². The molecule has 0 aliphatic heterocycles. The fraction of sp³-hybridized carbons (Fsp3) is 0.143. The summed E-state index contributed by atoms with van der Waals surface area (Å²) in [6.07, 6.45) is 3.11. The normalized spacial score (nSPS) is 10.7. The molecule has 0 saturated carbocycles. The maximum atomic E-state index is 12.2. The molecule has 9 heteroatoms. The van der Waals surface area contributed by atoms with Gasteiger partial charge in [0, 0.05) is 12.1 Å². The number of carbonyl (C=O) groups is 1. The minimum Gasteiger partial charge on any atom is -0.288 e. The first-order valence-electron chi connectivity index (χ1n) is 6.65. The molecule has 0 atom stereocenters. The van der Waals surface area contributed by atoms with E-state index in [0.29, 0.717) is 21.7 Å². The van der Waals surface area contributed by atoms with E-state index in [1.807, 2.05) is 24.3 Å². The number of benzene rings is 1. The number of rotatable bonds is 4. The van der Waals surface area contributed by atoms with Crippen molar-refractivity contribution in [3.8, 4) is 0 Å². The fourth-order valence-electron chi connectivity index (χ4n) is 2.08. The van der Waals surface area contributed by atoms with Crippen LogP contribution in [0.4, 0.5) is 5.95 Å². The molecule has 0 aliphatic carbocycles. The quantitative estimate of drug-likeness (QED) is 0.737. The Morgan fingerprint density at radius 3 is 2.96 bits per heavy atom. The topological polar surface area (TPSA) is 77.6 Å². The van der Waals surface area contributed by atoms with E-state index in [1.165, 1.54) is 4.68 Å². The van der Waals surface area contributed by atoms with Gasteiger partial charge in [-0.2, -0.15) is 5.10 Å². The van der Waals surface area contributed by atoms with E-state index >= 15 is 0 Å². The Hall–Kier alpha value is -2.19. The first-order valence-corrected chi connectivity index (χ1v) is 7.83. The maximum Gasteiger partial charge on any atom is 0.277 e. The number of aromatic nitrogens is 5. The van der Waals surface area contributed by atoms with Crippen molar-refractivity contribution in [2.75, 3.05) is 5.32 Å². The number of hydrogen-bond acceptors (Lipinski definition) is 4. The number of amides is 1. The summed E-state index contributed by atoms with van der Waals surface area (Å²) < 4.78 is 3.71. The third-order valence-corrected chi connectivity index (χ3v) is 3.92. The summed E-state index contributed by atoms with van der Waals surface area (Å²) in [5.41, 5.74) is 1.39. The highest BCUT2D eigenvalue weighted by Crippen LogP contribution is 2.16. The second-order valence-electron chi connectivity index (χ2n) is 4.81. The van der Waals surface area contributed by atoms with E-state index in [-0.39, 0.29) is 11.9 Å². The molecular weight excluding hydrogens is 384 g/mol. The monoisotopic (exact) mass is 394 g/mol. The maximum absolute atomic E-state index is 12.2. The van der Waals surface area contributed by atoms with Gasteiger partial charge in [-0.25, -0.2) is 9.67 Å². The SMILES string of the molecule is Cn1ncc(Br)c1C(=O)Nc1ncn(Cc2cccc(Cl)c2)n1. The molecule has 7 nitrogen and oxygen atoms in total. The Balaban J connectivity index is 1.71. The number of anilines is 1. The molecule has 0 radical (unpaired) electrons.